The lowest BCUT2D eigenvalue weighted by Crippen LogP contribution is -2.24. The van der Waals surface area contributed by atoms with Crippen molar-refractivity contribution >= 4 is 28.8 Å². The lowest BCUT2D eigenvalue weighted by atomic mass is 9.97. The number of rotatable bonds is 12. The zero-order chi connectivity index (χ0) is 32.0. The summed E-state index contributed by atoms with van der Waals surface area (Å²) in [6.45, 7) is 5.79. The Balaban J connectivity index is 1.20. The molecule has 9 nitrogen and oxygen atoms in total. The average molecular weight is 636 g/mol. The van der Waals surface area contributed by atoms with Crippen molar-refractivity contribution in [3.05, 3.63) is 106 Å². The van der Waals surface area contributed by atoms with Gasteiger partial charge in [-0.15, -0.1) is 0 Å². The summed E-state index contributed by atoms with van der Waals surface area (Å²) in [5, 5.41) is 25.1. The van der Waals surface area contributed by atoms with Crippen LogP contribution in [-0.2, 0) is 13.2 Å². The van der Waals surface area contributed by atoms with E-state index in [2.05, 4.69) is 35.0 Å². The highest BCUT2D eigenvalue weighted by Crippen LogP contribution is 2.35. The summed E-state index contributed by atoms with van der Waals surface area (Å²) >= 11 is 6.64. The van der Waals surface area contributed by atoms with Gasteiger partial charge in [0.05, 0.1) is 42.1 Å². The van der Waals surface area contributed by atoms with Crippen LogP contribution >= 0.6 is 11.6 Å². The molecular weight excluding hydrogens is 602 g/mol. The van der Waals surface area contributed by atoms with E-state index in [1.807, 2.05) is 35.1 Å². The van der Waals surface area contributed by atoms with Crippen molar-refractivity contribution in [2.45, 2.75) is 39.0 Å². The molecule has 1 saturated heterocycles. The summed E-state index contributed by atoms with van der Waals surface area (Å²) in [6, 6.07) is 19.4. The molecule has 6 rings (SSSR count). The first-order valence-corrected chi connectivity index (χ1v) is 15.6. The van der Waals surface area contributed by atoms with Gasteiger partial charge in [0.15, 0.2) is 6.29 Å². The summed E-state index contributed by atoms with van der Waals surface area (Å²) in [5.74, 6) is 1.24. The number of hydrogen-bond donors (Lipinski definition) is 1. The maximum Gasteiger partial charge on any atom is 0.153 e. The zero-order valence-corrected chi connectivity index (χ0v) is 26.3. The van der Waals surface area contributed by atoms with Gasteiger partial charge in [-0.25, -0.2) is 0 Å². The quantitative estimate of drug-likeness (QED) is 0.127. The van der Waals surface area contributed by atoms with E-state index in [0.717, 1.165) is 71.4 Å². The van der Waals surface area contributed by atoms with E-state index in [-0.39, 0.29) is 12.7 Å². The number of halogens is 1. The number of aliphatic hydroxyl groups excluding tert-OH is 1. The highest BCUT2D eigenvalue weighted by Gasteiger charge is 2.20. The Hall–Kier alpha value is -4.75. The SMILES string of the molecule is Cc1c(OCCCN2CC[C@@H](O)C2)cccc1-c1cccc2c1cnn2Cc1cc(OCc2cncc(C#N)c2)c(C=O)cc1Cl. The van der Waals surface area contributed by atoms with Gasteiger partial charge in [-0.3, -0.25) is 14.5 Å². The van der Waals surface area contributed by atoms with Crippen LogP contribution in [0.15, 0.2) is 73.2 Å². The number of aliphatic hydroxyl groups is 1. The minimum atomic E-state index is -0.207. The number of nitrogens with zero attached hydrogens (tertiary/aromatic N) is 5. The number of ether oxygens (including phenoxy) is 2. The first-order chi connectivity index (χ1) is 22.4. The number of benzene rings is 3. The molecule has 1 fully saturated rings. The van der Waals surface area contributed by atoms with Crippen LogP contribution in [0.1, 0.15) is 45.5 Å². The van der Waals surface area contributed by atoms with Gasteiger partial charge in [0.2, 0.25) is 0 Å². The number of fused-ring (bicyclic) bond motifs is 1. The number of nitriles is 1. The molecule has 1 aliphatic heterocycles. The molecule has 0 radical (unpaired) electrons. The van der Waals surface area contributed by atoms with Gasteiger partial charge in [0, 0.05) is 48.0 Å². The average Bonchev–Trinajstić information content (AvgIpc) is 3.69. The molecule has 5 aromatic rings. The smallest absolute Gasteiger partial charge is 0.153 e. The monoisotopic (exact) mass is 635 g/mol. The molecule has 0 saturated carbocycles. The van der Waals surface area contributed by atoms with E-state index < -0.39 is 0 Å². The number of carbonyl (C=O) groups is 1. The number of likely N-dealkylation sites (tertiary alicyclic amines) is 1. The Morgan fingerprint density at radius 3 is 2.74 bits per heavy atom. The second-order valence-electron chi connectivity index (χ2n) is 11.5. The highest BCUT2D eigenvalue weighted by molar-refractivity contribution is 6.31. The fourth-order valence-electron chi connectivity index (χ4n) is 5.91. The maximum absolute atomic E-state index is 11.8. The van der Waals surface area contributed by atoms with Gasteiger partial charge in [-0.05, 0) is 72.4 Å². The van der Waals surface area contributed by atoms with Crippen molar-refractivity contribution in [2.75, 3.05) is 26.2 Å². The van der Waals surface area contributed by atoms with E-state index in [1.54, 1.807) is 24.4 Å². The largest absolute Gasteiger partial charge is 0.493 e. The molecular formula is C36H34ClN5O4. The van der Waals surface area contributed by atoms with E-state index in [1.165, 1.54) is 6.20 Å². The van der Waals surface area contributed by atoms with E-state index in [9.17, 15) is 9.90 Å². The van der Waals surface area contributed by atoms with Crippen molar-refractivity contribution in [3.8, 4) is 28.7 Å². The molecule has 3 aromatic carbocycles. The zero-order valence-electron chi connectivity index (χ0n) is 25.5. The van der Waals surface area contributed by atoms with Crippen molar-refractivity contribution < 1.29 is 19.4 Å². The number of carbonyl (C=O) groups excluding carboxylic acids is 1. The minimum absolute atomic E-state index is 0.142. The molecule has 1 atom stereocenters. The number of β-amino-alcohol motifs (C(OH)–C–C–N with tert-alkyl or cyclic N) is 1. The molecule has 0 spiro atoms. The Kier molecular flexibility index (Phi) is 9.60. The third kappa shape index (κ3) is 6.90. The molecule has 10 heteroatoms. The van der Waals surface area contributed by atoms with Crippen molar-refractivity contribution in [2.24, 2.45) is 0 Å². The van der Waals surface area contributed by atoms with Crippen LogP contribution in [0, 0.1) is 18.3 Å². The highest BCUT2D eigenvalue weighted by atomic mass is 35.5. The molecule has 0 unspecified atom stereocenters. The maximum atomic E-state index is 11.8. The number of aromatic nitrogens is 3. The molecule has 3 heterocycles. The molecule has 0 aliphatic carbocycles. The van der Waals surface area contributed by atoms with Gasteiger partial charge >= 0.3 is 0 Å². The number of aldehydes is 1. The van der Waals surface area contributed by atoms with Gasteiger partial charge in [0.25, 0.3) is 0 Å². The topological polar surface area (TPSA) is 114 Å². The Morgan fingerprint density at radius 2 is 1.93 bits per heavy atom. The van der Waals surface area contributed by atoms with Crippen LogP contribution in [0.5, 0.6) is 11.5 Å². The second kappa shape index (κ2) is 14.1. The van der Waals surface area contributed by atoms with E-state index in [0.29, 0.717) is 46.9 Å². The van der Waals surface area contributed by atoms with E-state index >= 15 is 0 Å². The molecule has 0 amide bonds. The van der Waals surface area contributed by atoms with Crippen LogP contribution in [0.4, 0.5) is 0 Å². The van der Waals surface area contributed by atoms with Crippen LogP contribution in [0.25, 0.3) is 22.0 Å². The van der Waals surface area contributed by atoms with Crippen LogP contribution < -0.4 is 9.47 Å². The van der Waals surface area contributed by atoms with Crippen LogP contribution in [-0.4, -0.2) is 63.4 Å². The van der Waals surface area contributed by atoms with Gasteiger partial charge in [0.1, 0.15) is 24.2 Å². The normalized spacial score (nSPS) is 14.8. The standard InChI is InChI=1S/C36H34ClN5O4/c1-24-30(5-3-8-35(24)45-12-4-10-41-11-9-29(44)21-41)31-6-2-7-34-32(31)19-40-42(34)20-27-15-36(28(22-43)14-33(27)37)46-23-26-13-25(16-38)17-39-18-26/h2-3,5-8,13-15,17-19,22,29,44H,4,9-12,20-21,23H2,1H3/t29-/m1/s1. The first-order valence-electron chi connectivity index (χ1n) is 15.3. The molecule has 1 aliphatic rings. The Bertz CT molecular complexity index is 1920. The summed E-state index contributed by atoms with van der Waals surface area (Å²) in [4.78, 5) is 18.2. The minimum Gasteiger partial charge on any atom is -0.493 e. The van der Waals surface area contributed by atoms with Crippen molar-refractivity contribution in [3.63, 3.8) is 0 Å². The van der Waals surface area contributed by atoms with Crippen LogP contribution in [0.2, 0.25) is 5.02 Å². The predicted molar refractivity (Wildman–Crippen MR) is 176 cm³/mol. The fourth-order valence-corrected chi connectivity index (χ4v) is 6.14. The first kappa shape index (κ1) is 31.2. The summed E-state index contributed by atoms with van der Waals surface area (Å²) in [7, 11) is 0. The van der Waals surface area contributed by atoms with Gasteiger partial charge in [-0.2, -0.15) is 10.4 Å². The Labute approximate surface area is 272 Å². The van der Waals surface area contributed by atoms with E-state index in [4.69, 9.17) is 31.4 Å². The molecule has 46 heavy (non-hydrogen) atoms. The second-order valence-corrected chi connectivity index (χ2v) is 11.9. The summed E-state index contributed by atoms with van der Waals surface area (Å²) < 4.78 is 14.1. The molecule has 0 bridgehead atoms. The number of hydrogen-bond acceptors (Lipinski definition) is 8. The number of pyridine rings is 1. The van der Waals surface area contributed by atoms with Gasteiger partial charge in [-0.1, -0.05) is 35.9 Å². The third-order valence-corrected chi connectivity index (χ3v) is 8.68. The summed E-state index contributed by atoms with van der Waals surface area (Å²) in [6.07, 6.45) is 7.22. The van der Waals surface area contributed by atoms with Crippen molar-refractivity contribution in [1.29, 1.82) is 5.26 Å². The fraction of sp³-hybridized carbons (Fsp3) is 0.278. The molecule has 1 N–H and O–H groups in total. The lowest BCUT2D eigenvalue weighted by Gasteiger charge is -2.16. The lowest BCUT2D eigenvalue weighted by molar-refractivity contribution is 0.111. The Morgan fingerprint density at radius 1 is 1.09 bits per heavy atom. The predicted octanol–water partition coefficient (Wildman–Crippen LogP) is 6.21. The van der Waals surface area contributed by atoms with Crippen molar-refractivity contribution in [1.82, 2.24) is 19.7 Å². The molecule has 234 valence electrons. The van der Waals surface area contributed by atoms with Gasteiger partial charge < -0.3 is 19.5 Å². The third-order valence-electron chi connectivity index (χ3n) is 8.33. The van der Waals surface area contributed by atoms with Crippen LogP contribution in [0.3, 0.4) is 0 Å². The summed E-state index contributed by atoms with van der Waals surface area (Å²) in [5.41, 5.74) is 6.35. The molecule has 2 aromatic heterocycles.